The second kappa shape index (κ2) is 11.4. The van der Waals surface area contributed by atoms with Gasteiger partial charge in [0.1, 0.15) is 16.4 Å². The highest BCUT2D eigenvalue weighted by molar-refractivity contribution is 7.17. The molecule has 12 heteroatoms. The first-order valence-electron chi connectivity index (χ1n) is 12.0. The molecular weight excluding hydrogens is 526 g/mol. The van der Waals surface area contributed by atoms with Crippen LogP contribution in [0.2, 0.25) is 0 Å². The van der Waals surface area contributed by atoms with Crippen molar-refractivity contribution in [3.63, 3.8) is 0 Å². The van der Waals surface area contributed by atoms with Gasteiger partial charge >= 0.3 is 11.9 Å². The number of benzene rings is 2. The van der Waals surface area contributed by atoms with Gasteiger partial charge in [0.25, 0.3) is 11.5 Å². The molecule has 202 valence electrons. The molecular formula is C27H25N3O8S. The SMILES string of the molecule is CCCCOc1ccc(/C(O)=C2\C(=O)C(=O)N(c3nc(C)c(C(=O)OC)s3)C2c2ccc([N+](=O)[O-])cc2)cc1. The molecule has 1 aromatic heterocycles. The minimum Gasteiger partial charge on any atom is -0.507 e. The molecule has 3 aromatic rings. The smallest absolute Gasteiger partial charge is 0.350 e. The summed E-state index contributed by atoms with van der Waals surface area (Å²) < 4.78 is 10.4. The monoisotopic (exact) mass is 551 g/mol. The van der Waals surface area contributed by atoms with Gasteiger partial charge in [0.05, 0.1) is 35.9 Å². The standard InChI is InChI=1S/C27H25N3O8S/c1-4-5-14-38-19-12-8-17(9-13-19)22(31)20-21(16-6-10-18(11-7-16)30(35)36)29(25(33)23(20)32)27-28-15(2)24(39-27)26(34)37-3/h6-13,21,31H,4-5,14H2,1-3H3/b22-20+. The van der Waals surface area contributed by atoms with Crippen LogP contribution in [-0.2, 0) is 14.3 Å². The van der Waals surface area contributed by atoms with Gasteiger partial charge < -0.3 is 14.6 Å². The maximum atomic E-state index is 13.3. The van der Waals surface area contributed by atoms with Crippen molar-refractivity contribution in [2.75, 3.05) is 18.6 Å². The van der Waals surface area contributed by atoms with E-state index in [-0.39, 0.29) is 26.8 Å². The predicted octanol–water partition coefficient (Wildman–Crippen LogP) is 4.95. The van der Waals surface area contributed by atoms with Gasteiger partial charge in [-0.15, -0.1) is 0 Å². The van der Waals surface area contributed by atoms with Gasteiger partial charge in [-0.1, -0.05) is 24.7 Å². The summed E-state index contributed by atoms with van der Waals surface area (Å²) >= 11 is 0.861. The number of anilines is 1. The number of aliphatic hydroxyl groups is 1. The Hall–Kier alpha value is -4.58. The topological polar surface area (TPSA) is 149 Å². The highest BCUT2D eigenvalue weighted by Crippen LogP contribution is 2.44. The van der Waals surface area contributed by atoms with Crippen molar-refractivity contribution < 1.29 is 33.9 Å². The molecule has 0 saturated carbocycles. The van der Waals surface area contributed by atoms with E-state index in [0.29, 0.717) is 23.6 Å². The second-order valence-corrected chi connectivity index (χ2v) is 9.62. The summed E-state index contributed by atoms with van der Waals surface area (Å²) in [4.78, 5) is 55.0. The van der Waals surface area contributed by atoms with Crippen molar-refractivity contribution in [1.29, 1.82) is 0 Å². The number of Topliss-reactive ketones (excluding diaryl/α,β-unsaturated/α-hetero) is 1. The number of ether oxygens (including phenoxy) is 2. The van der Waals surface area contributed by atoms with Crippen LogP contribution >= 0.6 is 11.3 Å². The molecule has 1 aliphatic heterocycles. The fourth-order valence-corrected chi connectivity index (χ4v) is 5.10. The van der Waals surface area contributed by atoms with Gasteiger partial charge in [0.2, 0.25) is 0 Å². The first-order valence-corrected chi connectivity index (χ1v) is 12.8. The van der Waals surface area contributed by atoms with Crippen LogP contribution in [0.5, 0.6) is 5.75 Å². The number of amides is 1. The molecule has 0 spiro atoms. The Balaban J connectivity index is 1.83. The van der Waals surface area contributed by atoms with Crippen molar-refractivity contribution in [1.82, 2.24) is 4.98 Å². The molecule has 11 nitrogen and oxygen atoms in total. The Morgan fingerprint density at radius 3 is 2.41 bits per heavy atom. The lowest BCUT2D eigenvalue weighted by Crippen LogP contribution is -2.29. The van der Waals surface area contributed by atoms with Gasteiger partial charge in [-0.25, -0.2) is 9.78 Å². The van der Waals surface area contributed by atoms with Crippen LogP contribution in [0.4, 0.5) is 10.8 Å². The van der Waals surface area contributed by atoms with E-state index in [1.165, 1.54) is 31.4 Å². The summed E-state index contributed by atoms with van der Waals surface area (Å²) in [6.45, 7) is 4.15. The normalized spacial score (nSPS) is 16.4. The molecule has 2 heterocycles. The van der Waals surface area contributed by atoms with E-state index in [2.05, 4.69) is 4.98 Å². The van der Waals surface area contributed by atoms with Gasteiger partial charge in [0, 0.05) is 17.7 Å². The molecule has 1 amide bonds. The Labute approximate surface area is 227 Å². The summed E-state index contributed by atoms with van der Waals surface area (Å²) in [6.07, 6.45) is 1.86. The first-order chi connectivity index (χ1) is 18.7. The van der Waals surface area contributed by atoms with E-state index in [9.17, 15) is 29.6 Å². The van der Waals surface area contributed by atoms with Crippen LogP contribution in [0.1, 0.15) is 52.3 Å². The van der Waals surface area contributed by atoms with Crippen molar-refractivity contribution in [2.24, 2.45) is 0 Å². The molecule has 39 heavy (non-hydrogen) atoms. The van der Waals surface area contributed by atoms with Crippen LogP contribution in [-0.4, -0.2) is 46.4 Å². The number of hydrogen-bond acceptors (Lipinski definition) is 10. The first kappa shape index (κ1) is 27.5. The number of aromatic nitrogens is 1. The lowest BCUT2D eigenvalue weighted by molar-refractivity contribution is -0.384. The van der Waals surface area contributed by atoms with Gasteiger partial charge in [0.15, 0.2) is 5.13 Å². The van der Waals surface area contributed by atoms with Crippen LogP contribution < -0.4 is 9.64 Å². The zero-order valence-electron chi connectivity index (χ0n) is 21.4. The summed E-state index contributed by atoms with van der Waals surface area (Å²) in [5.74, 6) is -2.43. The third-order valence-corrected chi connectivity index (χ3v) is 7.26. The molecule has 1 aliphatic rings. The number of aliphatic hydroxyl groups excluding tert-OH is 1. The number of nitrogens with zero attached hydrogens (tertiary/aromatic N) is 3. The van der Waals surface area contributed by atoms with Crippen molar-refractivity contribution >= 4 is 45.6 Å². The third-order valence-electron chi connectivity index (χ3n) is 6.12. The van der Waals surface area contributed by atoms with Crippen LogP contribution in [0.15, 0.2) is 54.1 Å². The van der Waals surface area contributed by atoms with Gasteiger partial charge in [-0.2, -0.15) is 0 Å². The third kappa shape index (κ3) is 5.36. The van der Waals surface area contributed by atoms with Crippen molar-refractivity contribution in [2.45, 2.75) is 32.7 Å². The van der Waals surface area contributed by atoms with E-state index in [0.717, 1.165) is 29.1 Å². The number of thiazole rings is 1. The molecule has 0 bridgehead atoms. The number of esters is 1. The fraction of sp³-hybridized carbons (Fsp3) is 0.259. The number of rotatable bonds is 9. The van der Waals surface area contributed by atoms with Crippen LogP contribution in [0.25, 0.3) is 5.76 Å². The average molecular weight is 552 g/mol. The Bertz CT molecular complexity index is 1460. The number of hydrogen-bond donors (Lipinski definition) is 1. The zero-order valence-corrected chi connectivity index (χ0v) is 22.2. The highest BCUT2D eigenvalue weighted by Gasteiger charge is 2.48. The van der Waals surface area contributed by atoms with Crippen molar-refractivity contribution in [3.8, 4) is 5.75 Å². The number of unbranched alkanes of at least 4 members (excludes halogenated alkanes) is 1. The van der Waals surface area contributed by atoms with E-state index in [4.69, 9.17) is 9.47 Å². The summed E-state index contributed by atoms with van der Waals surface area (Å²) in [5.41, 5.74) is 0.486. The number of methoxy groups -OCH3 is 1. The number of carbonyl (C=O) groups is 3. The summed E-state index contributed by atoms with van der Waals surface area (Å²) in [6, 6.07) is 10.6. The van der Waals surface area contributed by atoms with E-state index >= 15 is 0 Å². The molecule has 1 N–H and O–H groups in total. The minimum atomic E-state index is -1.16. The minimum absolute atomic E-state index is 0.0390. The number of nitro groups is 1. The maximum absolute atomic E-state index is 13.3. The predicted molar refractivity (Wildman–Crippen MR) is 143 cm³/mol. The summed E-state index contributed by atoms with van der Waals surface area (Å²) in [5, 5.41) is 22.5. The number of aryl methyl sites for hydroxylation is 1. The Morgan fingerprint density at radius 1 is 1.15 bits per heavy atom. The van der Waals surface area contributed by atoms with Crippen LogP contribution in [0, 0.1) is 17.0 Å². The molecule has 0 radical (unpaired) electrons. The number of carbonyl (C=O) groups excluding carboxylic acids is 3. The largest absolute Gasteiger partial charge is 0.507 e. The molecule has 4 rings (SSSR count). The molecule has 1 saturated heterocycles. The zero-order chi connectivity index (χ0) is 28.3. The molecule has 0 aliphatic carbocycles. The second-order valence-electron chi connectivity index (χ2n) is 8.65. The van der Waals surface area contributed by atoms with Crippen molar-refractivity contribution in [3.05, 3.63) is 85.9 Å². The maximum Gasteiger partial charge on any atom is 0.350 e. The van der Waals surface area contributed by atoms with Gasteiger partial charge in [-0.05, 0) is 55.3 Å². The number of non-ortho nitro benzene ring substituents is 1. The summed E-state index contributed by atoms with van der Waals surface area (Å²) in [7, 11) is 1.21. The number of nitro benzene ring substituents is 1. The molecule has 1 unspecified atom stereocenters. The quantitative estimate of drug-likeness (QED) is 0.0741. The highest BCUT2D eigenvalue weighted by atomic mass is 32.1. The van der Waals surface area contributed by atoms with E-state index in [1.54, 1.807) is 31.2 Å². The molecule has 2 aromatic carbocycles. The Morgan fingerprint density at radius 2 is 1.82 bits per heavy atom. The van der Waals surface area contributed by atoms with E-state index < -0.39 is 34.4 Å². The van der Waals surface area contributed by atoms with Crippen LogP contribution in [0.3, 0.4) is 0 Å². The molecule has 1 atom stereocenters. The lowest BCUT2D eigenvalue weighted by Gasteiger charge is -2.23. The molecule has 1 fully saturated rings. The van der Waals surface area contributed by atoms with E-state index in [1.807, 2.05) is 6.92 Å². The number of ketones is 1. The lowest BCUT2D eigenvalue weighted by atomic mass is 9.95. The Kier molecular flexibility index (Phi) is 8.05. The fourth-order valence-electron chi connectivity index (χ4n) is 4.09. The van der Waals surface area contributed by atoms with Gasteiger partial charge in [-0.3, -0.25) is 24.6 Å². The average Bonchev–Trinajstić information content (AvgIpc) is 3.44.